The van der Waals surface area contributed by atoms with Crippen LogP contribution in [0.5, 0.6) is 0 Å². The standard InChI is InChI=1S/C35H66O6SSi2/c1-14-15-19-26(2)24-27(40-43(10,11)34(3,4)5)21-22-28-30(41-44(12,13)35(6,7)8)25-29(33(38)39-9)32(28)42-23-18-16-17-20-31(36)37/h21-22,26-28,30H,14-20,23-25H2,1-13H3,(H,36,37)/t26-,27-,28+,30-/m1/s1. The topological polar surface area (TPSA) is 82.1 Å². The number of ether oxygens (including phenoxy) is 1. The van der Waals surface area contributed by atoms with Crippen molar-refractivity contribution in [1.29, 1.82) is 0 Å². The van der Waals surface area contributed by atoms with Gasteiger partial charge in [0, 0.05) is 29.2 Å². The van der Waals surface area contributed by atoms with Crippen LogP contribution in [0.2, 0.25) is 36.3 Å². The molecule has 1 aliphatic carbocycles. The minimum absolute atomic E-state index is 0.000661. The molecule has 0 amide bonds. The third kappa shape index (κ3) is 13.1. The maximum absolute atomic E-state index is 13.1. The summed E-state index contributed by atoms with van der Waals surface area (Å²) in [5, 5.41) is 9.15. The van der Waals surface area contributed by atoms with Crippen molar-refractivity contribution in [1.82, 2.24) is 0 Å². The van der Waals surface area contributed by atoms with Crippen molar-refractivity contribution in [2.45, 2.75) is 162 Å². The number of carbonyl (C=O) groups excluding carboxylic acids is 1. The Kier molecular flexibility index (Phi) is 16.7. The van der Waals surface area contributed by atoms with Crippen molar-refractivity contribution in [3.63, 3.8) is 0 Å². The summed E-state index contributed by atoms with van der Waals surface area (Å²) in [6.45, 7) is 27.4. The van der Waals surface area contributed by atoms with Crippen LogP contribution in [-0.4, -0.2) is 58.8 Å². The van der Waals surface area contributed by atoms with E-state index >= 15 is 0 Å². The second-order valence-electron chi connectivity index (χ2n) is 15.8. The highest BCUT2D eigenvalue weighted by Gasteiger charge is 2.45. The van der Waals surface area contributed by atoms with Gasteiger partial charge in [0.15, 0.2) is 16.6 Å². The van der Waals surface area contributed by atoms with Crippen LogP contribution in [-0.2, 0) is 23.2 Å². The number of unbranched alkanes of at least 4 members (excludes halogenated alkanes) is 3. The summed E-state index contributed by atoms with van der Waals surface area (Å²) in [4.78, 5) is 25.1. The molecule has 0 heterocycles. The average molecular weight is 671 g/mol. The van der Waals surface area contributed by atoms with Gasteiger partial charge in [-0.15, -0.1) is 11.8 Å². The molecule has 0 aromatic rings. The Morgan fingerprint density at radius 1 is 1.00 bits per heavy atom. The van der Waals surface area contributed by atoms with Gasteiger partial charge in [0.2, 0.25) is 0 Å². The fourth-order valence-corrected chi connectivity index (χ4v) is 8.90. The molecule has 0 radical (unpaired) electrons. The lowest BCUT2D eigenvalue weighted by Crippen LogP contribution is -2.45. The van der Waals surface area contributed by atoms with E-state index < -0.39 is 22.6 Å². The van der Waals surface area contributed by atoms with E-state index in [-0.39, 0.29) is 40.6 Å². The van der Waals surface area contributed by atoms with Gasteiger partial charge in [-0.05, 0) is 67.2 Å². The molecule has 44 heavy (non-hydrogen) atoms. The Balaban J connectivity index is 3.49. The van der Waals surface area contributed by atoms with Gasteiger partial charge in [0.25, 0.3) is 0 Å². The zero-order valence-electron chi connectivity index (χ0n) is 30.4. The van der Waals surface area contributed by atoms with Crippen LogP contribution >= 0.6 is 11.8 Å². The van der Waals surface area contributed by atoms with E-state index in [0.29, 0.717) is 18.8 Å². The fourth-order valence-electron chi connectivity index (χ4n) is 4.94. The third-order valence-corrected chi connectivity index (χ3v) is 20.2. The lowest BCUT2D eigenvalue weighted by atomic mass is 9.96. The number of carboxylic acid groups (broad SMARTS) is 1. The Morgan fingerprint density at radius 2 is 1.61 bits per heavy atom. The van der Waals surface area contributed by atoms with Gasteiger partial charge in [-0.2, -0.15) is 0 Å². The maximum atomic E-state index is 13.1. The van der Waals surface area contributed by atoms with Crippen molar-refractivity contribution in [2.24, 2.45) is 11.8 Å². The van der Waals surface area contributed by atoms with Gasteiger partial charge >= 0.3 is 11.9 Å². The lowest BCUT2D eigenvalue weighted by molar-refractivity contribution is -0.137. The highest BCUT2D eigenvalue weighted by molar-refractivity contribution is 8.03. The van der Waals surface area contributed by atoms with E-state index in [1.807, 2.05) is 0 Å². The summed E-state index contributed by atoms with van der Waals surface area (Å²) in [5.41, 5.74) is 0.722. The van der Waals surface area contributed by atoms with E-state index in [0.717, 1.165) is 35.5 Å². The maximum Gasteiger partial charge on any atom is 0.334 e. The first kappa shape index (κ1) is 41.1. The zero-order chi connectivity index (χ0) is 33.9. The molecule has 6 nitrogen and oxygen atoms in total. The van der Waals surface area contributed by atoms with Crippen molar-refractivity contribution >= 4 is 40.3 Å². The van der Waals surface area contributed by atoms with E-state index in [1.54, 1.807) is 11.8 Å². The van der Waals surface area contributed by atoms with Crippen molar-refractivity contribution < 1.29 is 28.3 Å². The van der Waals surface area contributed by atoms with Crippen LogP contribution in [0, 0.1) is 11.8 Å². The summed E-state index contributed by atoms with van der Waals surface area (Å²) in [7, 11) is -2.71. The molecule has 1 rings (SSSR count). The third-order valence-electron chi connectivity index (χ3n) is 9.85. The Labute approximate surface area is 276 Å². The smallest absolute Gasteiger partial charge is 0.334 e. The van der Waals surface area contributed by atoms with E-state index in [1.165, 1.54) is 26.4 Å². The first-order chi connectivity index (χ1) is 20.2. The molecule has 0 saturated carbocycles. The van der Waals surface area contributed by atoms with E-state index in [9.17, 15) is 9.59 Å². The summed E-state index contributed by atoms with van der Waals surface area (Å²) in [6.07, 6.45) is 12.2. The van der Waals surface area contributed by atoms with Crippen LogP contribution in [0.25, 0.3) is 0 Å². The van der Waals surface area contributed by atoms with Crippen molar-refractivity contribution in [3.8, 4) is 0 Å². The number of methoxy groups -OCH3 is 1. The molecule has 4 atom stereocenters. The quantitative estimate of drug-likeness (QED) is 0.0634. The van der Waals surface area contributed by atoms with E-state index in [4.69, 9.17) is 18.7 Å². The van der Waals surface area contributed by atoms with Gasteiger partial charge in [-0.25, -0.2) is 4.79 Å². The number of hydrogen-bond acceptors (Lipinski definition) is 6. The number of carbonyl (C=O) groups is 2. The van der Waals surface area contributed by atoms with Crippen LogP contribution in [0.3, 0.4) is 0 Å². The molecule has 0 saturated heterocycles. The monoisotopic (exact) mass is 670 g/mol. The Bertz CT molecular complexity index is 977. The zero-order valence-corrected chi connectivity index (χ0v) is 33.2. The summed E-state index contributed by atoms with van der Waals surface area (Å²) < 4.78 is 19.4. The fraction of sp³-hybridized carbons (Fsp3) is 0.829. The first-order valence-corrected chi connectivity index (χ1v) is 23.7. The van der Waals surface area contributed by atoms with E-state index in [2.05, 4.69) is 93.7 Å². The Morgan fingerprint density at radius 3 is 2.14 bits per heavy atom. The number of rotatable bonds is 19. The molecule has 0 spiro atoms. The second-order valence-corrected chi connectivity index (χ2v) is 26.5. The van der Waals surface area contributed by atoms with Crippen LogP contribution < -0.4 is 0 Å². The molecule has 0 aliphatic heterocycles. The molecule has 1 N–H and O–H groups in total. The Hall–Kier alpha value is -0.876. The molecular formula is C35H66O6SSi2. The molecule has 9 heteroatoms. The van der Waals surface area contributed by atoms with Crippen LogP contribution in [0.15, 0.2) is 22.6 Å². The number of aliphatic carboxylic acids is 1. The predicted octanol–water partition coefficient (Wildman–Crippen LogP) is 10.4. The average Bonchev–Trinajstić information content (AvgIpc) is 3.21. The molecule has 0 unspecified atom stereocenters. The van der Waals surface area contributed by atoms with Crippen LogP contribution in [0.1, 0.15) is 113 Å². The molecular weight excluding hydrogens is 605 g/mol. The molecule has 0 aromatic heterocycles. The SMILES string of the molecule is CCCC[C@@H](C)C[C@@H](C=C[C@@H]1C(SCCCCCC(=O)O)=C(C(=O)OC)C[C@H]1O[Si](C)(C)C(C)(C)C)O[Si](C)(C)C(C)(C)C. The number of hydrogen-bond donors (Lipinski definition) is 1. The summed E-state index contributed by atoms with van der Waals surface area (Å²) in [5.74, 6) is 0.292. The lowest BCUT2D eigenvalue weighted by Gasteiger charge is -2.40. The second kappa shape index (κ2) is 17.9. The molecule has 0 aromatic carbocycles. The van der Waals surface area contributed by atoms with Gasteiger partial charge in [0.1, 0.15) is 0 Å². The molecule has 1 aliphatic rings. The van der Waals surface area contributed by atoms with Gasteiger partial charge < -0.3 is 18.7 Å². The highest BCUT2D eigenvalue weighted by Crippen LogP contribution is 2.47. The van der Waals surface area contributed by atoms with Gasteiger partial charge in [-0.1, -0.05) is 93.2 Å². The number of thioether (sulfide) groups is 1. The number of carboxylic acids is 1. The van der Waals surface area contributed by atoms with Crippen molar-refractivity contribution in [3.05, 3.63) is 22.6 Å². The summed E-state index contributed by atoms with van der Waals surface area (Å²) >= 11 is 1.72. The minimum atomic E-state index is -2.14. The first-order valence-electron chi connectivity index (χ1n) is 16.9. The summed E-state index contributed by atoms with van der Waals surface area (Å²) in [6, 6.07) is 0. The minimum Gasteiger partial charge on any atom is -0.481 e. The van der Waals surface area contributed by atoms with Gasteiger partial charge in [-0.3, -0.25) is 4.79 Å². The highest BCUT2D eigenvalue weighted by atomic mass is 32.2. The largest absolute Gasteiger partial charge is 0.481 e. The molecule has 0 bridgehead atoms. The molecule has 0 fully saturated rings. The van der Waals surface area contributed by atoms with Crippen molar-refractivity contribution in [2.75, 3.05) is 12.9 Å². The predicted molar refractivity (Wildman–Crippen MR) is 192 cm³/mol. The number of esters is 1. The normalized spacial score (nSPS) is 19.9. The van der Waals surface area contributed by atoms with Crippen LogP contribution in [0.4, 0.5) is 0 Å². The van der Waals surface area contributed by atoms with Gasteiger partial charge in [0.05, 0.1) is 19.3 Å². The molecule has 256 valence electrons.